The van der Waals surface area contributed by atoms with Crippen molar-refractivity contribution in [2.75, 3.05) is 6.54 Å². The van der Waals surface area contributed by atoms with Crippen molar-refractivity contribution in [1.82, 2.24) is 15.0 Å². The molecule has 1 aliphatic rings. The molecule has 0 radical (unpaired) electrons. The highest BCUT2D eigenvalue weighted by atomic mass is 79.9. The molecule has 6 nitrogen and oxygen atoms in total. The minimum Gasteiger partial charge on any atom is -0.480 e. The highest BCUT2D eigenvalue weighted by Crippen LogP contribution is 2.28. The Kier molecular flexibility index (Phi) is 5.37. The zero-order valence-electron chi connectivity index (χ0n) is 10.9. The normalized spacial score (nSPS) is 18.6. The number of nitrogens with zero attached hydrogens (tertiary/aromatic N) is 3. The molecule has 0 unspecified atom stereocenters. The van der Waals surface area contributed by atoms with Gasteiger partial charge in [-0.25, -0.2) is 0 Å². The molecule has 0 aromatic carbocycles. The molecule has 0 bridgehead atoms. The van der Waals surface area contributed by atoms with Crippen LogP contribution in [0.15, 0.2) is 20.4 Å². The zero-order chi connectivity index (χ0) is 14.1. The molecule has 21 heavy (non-hydrogen) atoms. The van der Waals surface area contributed by atoms with E-state index in [2.05, 4.69) is 26.1 Å². The van der Waals surface area contributed by atoms with Gasteiger partial charge in [-0.2, -0.15) is 4.98 Å². The van der Waals surface area contributed by atoms with Gasteiger partial charge in [0, 0.05) is 9.85 Å². The van der Waals surface area contributed by atoms with E-state index in [-0.39, 0.29) is 12.4 Å². The smallest absolute Gasteiger partial charge is 0.320 e. The number of aliphatic carboxylic acids is 1. The Hall–Kier alpha value is -0.960. The van der Waals surface area contributed by atoms with Crippen molar-refractivity contribution in [2.24, 2.45) is 0 Å². The summed E-state index contributed by atoms with van der Waals surface area (Å²) in [5.74, 6) is 0.212. The molecule has 2 aromatic rings. The lowest BCUT2D eigenvalue weighted by atomic mass is 10.2. The predicted octanol–water partition coefficient (Wildman–Crippen LogP) is 3.03. The van der Waals surface area contributed by atoms with Crippen LogP contribution in [0.2, 0.25) is 0 Å². The maximum absolute atomic E-state index is 11.1. The van der Waals surface area contributed by atoms with E-state index in [0.29, 0.717) is 24.7 Å². The molecule has 1 fully saturated rings. The number of carbonyl (C=O) groups is 1. The summed E-state index contributed by atoms with van der Waals surface area (Å²) >= 11 is 4.91. The molecule has 9 heteroatoms. The number of carboxylic acid groups (broad SMARTS) is 1. The standard InChI is InChI=1S/C12H12BrN3O3S.ClH/c13-7-4-9(20-6-7)11-14-10(19-15-11)5-16-3-1-2-8(16)12(17)18;/h4,6,8H,1-3,5H2,(H,17,18);1H/t8-;/m1./s1. The van der Waals surface area contributed by atoms with Crippen molar-refractivity contribution in [2.45, 2.75) is 25.4 Å². The number of carboxylic acids is 1. The number of hydrogen-bond acceptors (Lipinski definition) is 6. The fourth-order valence-corrected chi connectivity index (χ4v) is 3.67. The first kappa shape index (κ1) is 16.4. The van der Waals surface area contributed by atoms with Crippen LogP contribution in [0, 0.1) is 0 Å². The molecule has 1 aliphatic heterocycles. The Bertz CT molecular complexity index is 633. The Morgan fingerprint density at radius 2 is 2.43 bits per heavy atom. The molecule has 1 N–H and O–H groups in total. The highest BCUT2D eigenvalue weighted by molar-refractivity contribution is 9.10. The van der Waals surface area contributed by atoms with Crippen molar-refractivity contribution < 1.29 is 14.4 Å². The molecule has 0 spiro atoms. The summed E-state index contributed by atoms with van der Waals surface area (Å²) < 4.78 is 6.19. The van der Waals surface area contributed by atoms with E-state index in [4.69, 9.17) is 9.63 Å². The number of aromatic nitrogens is 2. The number of rotatable bonds is 4. The summed E-state index contributed by atoms with van der Waals surface area (Å²) in [7, 11) is 0. The van der Waals surface area contributed by atoms with Crippen molar-refractivity contribution in [3.05, 3.63) is 21.8 Å². The maximum Gasteiger partial charge on any atom is 0.320 e. The van der Waals surface area contributed by atoms with Crippen LogP contribution in [0.5, 0.6) is 0 Å². The fraction of sp³-hybridized carbons (Fsp3) is 0.417. The third-order valence-corrected chi connectivity index (χ3v) is 4.93. The van der Waals surface area contributed by atoms with Crippen molar-refractivity contribution in [1.29, 1.82) is 0 Å². The summed E-state index contributed by atoms with van der Waals surface area (Å²) in [4.78, 5) is 18.2. The van der Waals surface area contributed by atoms with Gasteiger partial charge in [0.1, 0.15) is 6.04 Å². The van der Waals surface area contributed by atoms with Gasteiger partial charge < -0.3 is 9.63 Å². The third-order valence-electron chi connectivity index (χ3n) is 3.24. The number of halogens is 2. The van der Waals surface area contributed by atoms with Crippen molar-refractivity contribution in [3.63, 3.8) is 0 Å². The largest absolute Gasteiger partial charge is 0.480 e. The molecule has 2 aromatic heterocycles. The Morgan fingerprint density at radius 1 is 1.62 bits per heavy atom. The topological polar surface area (TPSA) is 79.5 Å². The molecule has 1 saturated heterocycles. The van der Waals surface area contributed by atoms with Gasteiger partial charge in [0.15, 0.2) is 0 Å². The van der Waals surface area contributed by atoms with Gasteiger partial charge in [-0.05, 0) is 41.4 Å². The molecular weight excluding hydrogens is 382 g/mol. The lowest BCUT2D eigenvalue weighted by Crippen LogP contribution is -2.35. The van der Waals surface area contributed by atoms with Crippen molar-refractivity contribution >= 4 is 45.6 Å². The van der Waals surface area contributed by atoms with Gasteiger partial charge in [-0.1, -0.05) is 5.16 Å². The average Bonchev–Trinajstić information content (AvgIpc) is 3.09. The Morgan fingerprint density at radius 3 is 3.10 bits per heavy atom. The van der Waals surface area contributed by atoms with Crippen LogP contribution in [0.25, 0.3) is 10.7 Å². The SMILES string of the molecule is Cl.O=C(O)[C@H]1CCCN1Cc1nc(-c2cc(Br)cs2)no1. The van der Waals surface area contributed by atoms with E-state index < -0.39 is 12.0 Å². The van der Waals surface area contributed by atoms with Crippen LogP contribution in [-0.4, -0.2) is 38.7 Å². The van der Waals surface area contributed by atoms with E-state index in [1.54, 1.807) is 0 Å². The van der Waals surface area contributed by atoms with Crippen LogP contribution >= 0.6 is 39.7 Å². The lowest BCUT2D eigenvalue weighted by Gasteiger charge is -2.18. The van der Waals surface area contributed by atoms with Crippen LogP contribution in [0.3, 0.4) is 0 Å². The monoisotopic (exact) mass is 393 g/mol. The van der Waals surface area contributed by atoms with E-state index in [1.807, 2.05) is 16.3 Å². The van der Waals surface area contributed by atoms with Gasteiger partial charge in [-0.3, -0.25) is 9.69 Å². The second kappa shape index (κ2) is 6.87. The fourth-order valence-electron chi connectivity index (χ4n) is 2.32. The van der Waals surface area contributed by atoms with Crippen LogP contribution in [0.4, 0.5) is 0 Å². The van der Waals surface area contributed by atoms with Crippen LogP contribution in [0.1, 0.15) is 18.7 Å². The highest BCUT2D eigenvalue weighted by Gasteiger charge is 2.31. The van der Waals surface area contributed by atoms with Gasteiger partial charge in [-0.15, -0.1) is 23.7 Å². The Labute approximate surface area is 139 Å². The lowest BCUT2D eigenvalue weighted by molar-refractivity contribution is -0.142. The molecular formula is C12H13BrClN3O3S. The van der Waals surface area contributed by atoms with E-state index in [9.17, 15) is 4.79 Å². The summed E-state index contributed by atoms with van der Waals surface area (Å²) in [6.45, 7) is 1.13. The molecule has 3 rings (SSSR count). The van der Waals surface area contributed by atoms with Gasteiger partial charge in [0.25, 0.3) is 0 Å². The molecule has 0 saturated carbocycles. The molecule has 1 atom stereocenters. The second-order valence-corrected chi connectivity index (χ2v) is 6.43. The molecule has 3 heterocycles. The average molecular weight is 395 g/mol. The minimum absolute atomic E-state index is 0. The van der Waals surface area contributed by atoms with Gasteiger partial charge >= 0.3 is 5.97 Å². The van der Waals surface area contributed by atoms with E-state index in [1.165, 1.54) is 11.3 Å². The zero-order valence-corrected chi connectivity index (χ0v) is 14.1. The number of likely N-dealkylation sites (tertiary alicyclic amines) is 1. The summed E-state index contributed by atoms with van der Waals surface area (Å²) in [6, 6.07) is 1.48. The van der Waals surface area contributed by atoms with Crippen LogP contribution < -0.4 is 0 Å². The minimum atomic E-state index is -0.788. The van der Waals surface area contributed by atoms with Crippen molar-refractivity contribution in [3.8, 4) is 10.7 Å². The second-order valence-electron chi connectivity index (χ2n) is 4.61. The van der Waals surface area contributed by atoms with E-state index >= 15 is 0 Å². The molecule has 0 amide bonds. The maximum atomic E-state index is 11.1. The molecule has 114 valence electrons. The summed E-state index contributed by atoms with van der Waals surface area (Å²) in [6.07, 6.45) is 1.56. The Balaban J connectivity index is 0.00000161. The van der Waals surface area contributed by atoms with Crippen LogP contribution in [-0.2, 0) is 11.3 Å². The third kappa shape index (κ3) is 3.63. The first-order valence-corrected chi connectivity index (χ1v) is 7.84. The first-order valence-electron chi connectivity index (χ1n) is 6.17. The number of thiophene rings is 1. The quantitative estimate of drug-likeness (QED) is 0.858. The predicted molar refractivity (Wildman–Crippen MR) is 83.6 cm³/mol. The molecule has 0 aliphatic carbocycles. The van der Waals surface area contributed by atoms with Gasteiger partial charge in [0.05, 0.1) is 11.4 Å². The summed E-state index contributed by atoms with van der Waals surface area (Å²) in [5, 5.41) is 15.0. The number of hydrogen-bond donors (Lipinski definition) is 1. The van der Waals surface area contributed by atoms with Gasteiger partial charge in [0.2, 0.25) is 11.7 Å². The first-order chi connectivity index (χ1) is 9.63. The summed E-state index contributed by atoms with van der Waals surface area (Å²) in [5.41, 5.74) is 0. The van der Waals surface area contributed by atoms with E-state index in [0.717, 1.165) is 22.3 Å².